The fourth-order valence-corrected chi connectivity index (χ4v) is 1.77. The molecule has 0 aliphatic carbocycles. The van der Waals surface area contributed by atoms with Crippen LogP contribution in [0.25, 0.3) is 0 Å². The molecule has 5 nitrogen and oxygen atoms in total. The largest absolute Gasteiger partial charge is 0.470 e. The normalized spacial score (nSPS) is 10.1. The molecular weight excluding hydrogens is 278 g/mol. The average Bonchev–Trinajstić information content (AvgIpc) is 2.92. The number of para-hydroxylation sites is 1. The van der Waals surface area contributed by atoms with Gasteiger partial charge in [0.05, 0.1) is 5.02 Å². The van der Waals surface area contributed by atoms with Crippen molar-refractivity contribution in [2.24, 2.45) is 0 Å². The quantitative estimate of drug-likeness (QED) is 0.832. The Bertz CT molecular complexity index is 610. The maximum absolute atomic E-state index is 11.9. The molecule has 0 fully saturated rings. The molecule has 0 saturated heterocycles. The van der Waals surface area contributed by atoms with E-state index in [0.717, 1.165) is 0 Å². The molecule has 0 bridgehead atoms. The Morgan fingerprint density at radius 1 is 1.45 bits per heavy atom. The second-order valence-corrected chi connectivity index (χ2v) is 4.33. The fraction of sp³-hybridized carbons (Fsp3) is 0.143. The van der Waals surface area contributed by atoms with E-state index in [1.165, 1.54) is 4.68 Å². The molecular formula is C14H14ClN3O2. The van der Waals surface area contributed by atoms with Crippen molar-refractivity contribution in [3.05, 3.63) is 59.9 Å². The third kappa shape index (κ3) is 3.39. The standard InChI is InChI=1S/C14H14ClN3O2/c1-2-8-16-14(19)12-7-9-17-18(12)10-20-13-6-4-3-5-11(13)15/h2-7,9H,1,8,10H2,(H,16,19). The van der Waals surface area contributed by atoms with E-state index < -0.39 is 0 Å². The summed E-state index contributed by atoms with van der Waals surface area (Å²) in [5, 5.41) is 7.25. The number of rotatable bonds is 6. The number of ether oxygens (including phenoxy) is 1. The lowest BCUT2D eigenvalue weighted by Gasteiger charge is -2.10. The van der Waals surface area contributed by atoms with Gasteiger partial charge in [0.25, 0.3) is 5.91 Å². The SMILES string of the molecule is C=CCNC(=O)c1ccnn1COc1ccccc1Cl. The Balaban J connectivity index is 2.04. The number of benzene rings is 1. The summed E-state index contributed by atoms with van der Waals surface area (Å²) in [7, 11) is 0. The van der Waals surface area contributed by atoms with Crippen LogP contribution in [0.4, 0.5) is 0 Å². The maximum Gasteiger partial charge on any atom is 0.269 e. The molecule has 6 heteroatoms. The predicted molar refractivity (Wildman–Crippen MR) is 76.8 cm³/mol. The first-order valence-electron chi connectivity index (χ1n) is 6.00. The molecule has 20 heavy (non-hydrogen) atoms. The molecule has 1 N–H and O–H groups in total. The third-order valence-corrected chi connectivity index (χ3v) is 2.85. The Morgan fingerprint density at radius 3 is 3.00 bits per heavy atom. The van der Waals surface area contributed by atoms with Gasteiger partial charge in [0, 0.05) is 12.7 Å². The molecule has 0 unspecified atom stereocenters. The van der Waals surface area contributed by atoms with Gasteiger partial charge in [-0.1, -0.05) is 29.8 Å². The average molecular weight is 292 g/mol. The number of nitrogens with zero attached hydrogens (tertiary/aromatic N) is 2. The fourth-order valence-electron chi connectivity index (χ4n) is 1.58. The van der Waals surface area contributed by atoms with Crippen molar-refractivity contribution < 1.29 is 9.53 Å². The van der Waals surface area contributed by atoms with Crippen LogP contribution in [-0.4, -0.2) is 22.2 Å². The van der Waals surface area contributed by atoms with E-state index in [1.807, 2.05) is 12.1 Å². The zero-order valence-corrected chi connectivity index (χ0v) is 11.5. The number of carbonyl (C=O) groups is 1. The molecule has 0 aliphatic heterocycles. The van der Waals surface area contributed by atoms with Gasteiger partial charge in [-0.15, -0.1) is 6.58 Å². The van der Waals surface area contributed by atoms with E-state index in [2.05, 4.69) is 17.0 Å². The number of nitrogens with one attached hydrogen (secondary N) is 1. The highest BCUT2D eigenvalue weighted by Crippen LogP contribution is 2.23. The summed E-state index contributed by atoms with van der Waals surface area (Å²) in [4.78, 5) is 11.9. The van der Waals surface area contributed by atoms with E-state index in [-0.39, 0.29) is 12.6 Å². The van der Waals surface area contributed by atoms with Crippen LogP contribution >= 0.6 is 11.6 Å². The van der Waals surface area contributed by atoms with Crippen LogP contribution in [0.2, 0.25) is 5.02 Å². The molecule has 0 saturated carbocycles. The highest BCUT2D eigenvalue weighted by Gasteiger charge is 2.11. The molecule has 0 aliphatic rings. The lowest BCUT2D eigenvalue weighted by Crippen LogP contribution is -2.27. The monoisotopic (exact) mass is 291 g/mol. The number of carbonyl (C=O) groups excluding carboxylic acids is 1. The lowest BCUT2D eigenvalue weighted by molar-refractivity contribution is 0.0936. The van der Waals surface area contributed by atoms with E-state index in [9.17, 15) is 4.79 Å². The predicted octanol–water partition coefficient (Wildman–Crippen LogP) is 2.49. The second-order valence-electron chi connectivity index (χ2n) is 3.92. The summed E-state index contributed by atoms with van der Waals surface area (Å²) < 4.78 is 7.00. The first kappa shape index (κ1) is 14.1. The Kier molecular flexibility index (Phi) is 4.79. The van der Waals surface area contributed by atoms with E-state index >= 15 is 0 Å². The van der Waals surface area contributed by atoms with Crippen molar-refractivity contribution >= 4 is 17.5 Å². The Morgan fingerprint density at radius 2 is 2.25 bits per heavy atom. The Labute approximate surface area is 121 Å². The summed E-state index contributed by atoms with van der Waals surface area (Å²) in [6.45, 7) is 4.05. The van der Waals surface area contributed by atoms with E-state index in [4.69, 9.17) is 16.3 Å². The van der Waals surface area contributed by atoms with Crippen LogP contribution in [0, 0.1) is 0 Å². The molecule has 0 spiro atoms. The van der Waals surface area contributed by atoms with Crippen LogP contribution in [-0.2, 0) is 6.73 Å². The smallest absolute Gasteiger partial charge is 0.269 e. The zero-order valence-electron chi connectivity index (χ0n) is 10.8. The molecule has 2 aromatic rings. The molecule has 0 radical (unpaired) electrons. The second kappa shape index (κ2) is 6.77. The van der Waals surface area contributed by atoms with Gasteiger partial charge >= 0.3 is 0 Å². The maximum atomic E-state index is 11.9. The molecule has 104 valence electrons. The van der Waals surface area contributed by atoms with Crippen molar-refractivity contribution in [1.29, 1.82) is 0 Å². The van der Waals surface area contributed by atoms with E-state index in [1.54, 1.807) is 30.5 Å². The highest BCUT2D eigenvalue weighted by molar-refractivity contribution is 6.32. The lowest BCUT2D eigenvalue weighted by atomic mass is 10.3. The van der Waals surface area contributed by atoms with Gasteiger partial charge in [0.1, 0.15) is 11.4 Å². The topological polar surface area (TPSA) is 56.2 Å². The number of halogens is 1. The van der Waals surface area contributed by atoms with Gasteiger partial charge in [-0.3, -0.25) is 4.79 Å². The molecule has 1 aromatic heterocycles. The van der Waals surface area contributed by atoms with Gasteiger partial charge in [0.15, 0.2) is 6.73 Å². The van der Waals surface area contributed by atoms with Crippen LogP contribution in [0.5, 0.6) is 5.75 Å². The van der Waals surface area contributed by atoms with Gasteiger partial charge in [0.2, 0.25) is 0 Å². The van der Waals surface area contributed by atoms with Gasteiger partial charge in [-0.25, -0.2) is 4.68 Å². The minimum Gasteiger partial charge on any atom is -0.470 e. The summed E-state index contributed by atoms with van der Waals surface area (Å²) in [5.74, 6) is 0.312. The summed E-state index contributed by atoms with van der Waals surface area (Å²) >= 11 is 5.99. The molecule has 1 amide bonds. The van der Waals surface area contributed by atoms with Crippen molar-refractivity contribution in [2.75, 3.05) is 6.54 Å². The van der Waals surface area contributed by atoms with Gasteiger partial charge < -0.3 is 10.1 Å². The van der Waals surface area contributed by atoms with E-state index in [0.29, 0.717) is 23.0 Å². The number of hydrogen-bond donors (Lipinski definition) is 1. The van der Waals surface area contributed by atoms with Crippen LogP contribution < -0.4 is 10.1 Å². The summed E-state index contributed by atoms with van der Waals surface area (Å²) in [6, 6.07) is 8.74. The number of hydrogen-bond acceptors (Lipinski definition) is 3. The minimum atomic E-state index is -0.231. The van der Waals surface area contributed by atoms with Gasteiger partial charge in [-0.05, 0) is 18.2 Å². The summed E-state index contributed by atoms with van der Waals surface area (Å²) in [6.07, 6.45) is 3.15. The van der Waals surface area contributed by atoms with Crippen molar-refractivity contribution in [3.8, 4) is 5.75 Å². The van der Waals surface area contributed by atoms with Crippen molar-refractivity contribution in [1.82, 2.24) is 15.1 Å². The number of aromatic nitrogens is 2. The highest BCUT2D eigenvalue weighted by atomic mass is 35.5. The zero-order chi connectivity index (χ0) is 14.4. The molecule has 1 heterocycles. The van der Waals surface area contributed by atoms with Crippen molar-refractivity contribution in [3.63, 3.8) is 0 Å². The molecule has 0 atom stereocenters. The summed E-state index contributed by atoms with van der Waals surface area (Å²) in [5.41, 5.74) is 0.416. The Hall–Kier alpha value is -2.27. The molecule has 2 rings (SSSR count). The third-order valence-electron chi connectivity index (χ3n) is 2.54. The van der Waals surface area contributed by atoms with Crippen LogP contribution in [0.3, 0.4) is 0 Å². The first-order valence-corrected chi connectivity index (χ1v) is 6.38. The van der Waals surface area contributed by atoms with Gasteiger partial charge in [-0.2, -0.15) is 5.10 Å². The number of amides is 1. The molecule has 1 aromatic carbocycles. The van der Waals surface area contributed by atoms with Crippen molar-refractivity contribution in [2.45, 2.75) is 6.73 Å². The minimum absolute atomic E-state index is 0.105. The van der Waals surface area contributed by atoms with Crippen LogP contribution in [0.1, 0.15) is 10.5 Å². The van der Waals surface area contributed by atoms with Crippen LogP contribution in [0.15, 0.2) is 49.2 Å². The first-order chi connectivity index (χ1) is 9.72.